The summed E-state index contributed by atoms with van der Waals surface area (Å²) in [6.07, 6.45) is 8.29. The molecule has 1 aromatic heterocycles. The number of nitrogens with zero attached hydrogens (tertiary/aromatic N) is 5. The highest BCUT2D eigenvalue weighted by atomic mass is 16.7. The number of nitrogens with one attached hydrogen (secondary N) is 2. The standard InChI is InChI=1S/C34H63N7O4/c1-13-15-26(23-17-31(3,4)40(42-11)32(5,6)18-23)35-28-37-29(39-30(38-28)45-22-25-21-44-25)36-27(16-14-2)24-19-33(7,8)41(43-12)34(9,10)20-24/h23-27H,13-22H2,1-12H3,(H2,35,36,37,38,39). The van der Waals surface area contributed by atoms with Gasteiger partial charge in [0.15, 0.2) is 0 Å². The molecular weight excluding hydrogens is 570 g/mol. The third-order valence-electron chi connectivity index (χ3n) is 9.99. The first-order valence-electron chi connectivity index (χ1n) is 17.3. The average Bonchev–Trinajstić information content (AvgIpc) is 3.74. The molecule has 0 aliphatic carbocycles. The van der Waals surface area contributed by atoms with Gasteiger partial charge in [0.2, 0.25) is 11.9 Å². The number of hydrogen-bond donors (Lipinski definition) is 2. The Balaban J connectivity index is 1.61. The molecular formula is C34H63N7O4. The van der Waals surface area contributed by atoms with Crippen LogP contribution in [-0.2, 0) is 14.4 Å². The monoisotopic (exact) mass is 633 g/mol. The average molecular weight is 634 g/mol. The van der Waals surface area contributed by atoms with Crippen LogP contribution in [0.2, 0.25) is 0 Å². The molecule has 3 aliphatic heterocycles. The summed E-state index contributed by atoms with van der Waals surface area (Å²) in [5, 5.41) is 11.9. The van der Waals surface area contributed by atoms with Crippen molar-refractivity contribution in [1.82, 2.24) is 25.1 Å². The molecule has 0 saturated carbocycles. The van der Waals surface area contributed by atoms with E-state index in [-0.39, 0.29) is 40.3 Å². The molecule has 0 spiro atoms. The molecule has 11 nitrogen and oxygen atoms in total. The van der Waals surface area contributed by atoms with Crippen molar-refractivity contribution in [2.24, 2.45) is 11.8 Å². The van der Waals surface area contributed by atoms with Gasteiger partial charge in [0.25, 0.3) is 0 Å². The Labute approximate surface area is 272 Å². The normalized spacial score (nSPS) is 26.3. The van der Waals surface area contributed by atoms with Crippen LogP contribution < -0.4 is 15.4 Å². The minimum Gasteiger partial charge on any atom is -0.460 e. The minimum atomic E-state index is -0.105. The second kappa shape index (κ2) is 14.1. The largest absolute Gasteiger partial charge is 0.460 e. The van der Waals surface area contributed by atoms with Crippen molar-refractivity contribution in [3.63, 3.8) is 0 Å². The van der Waals surface area contributed by atoms with E-state index in [2.05, 4.69) is 90.0 Å². The van der Waals surface area contributed by atoms with Crippen LogP contribution in [0.25, 0.3) is 0 Å². The molecule has 0 bridgehead atoms. The van der Waals surface area contributed by atoms with Gasteiger partial charge in [-0.1, -0.05) is 26.7 Å². The maximum absolute atomic E-state index is 6.06. The van der Waals surface area contributed by atoms with E-state index in [1.54, 1.807) is 14.2 Å². The zero-order chi connectivity index (χ0) is 33.2. The molecule has 4 rings (SSSR count). The van der Waals surface area contributed by atoms with Gasteiger partial charge in [-0.2, -0.15) is 25.1 Å². The molecule has 3 unspecified atom stereocenters. The van der Waals surface area contributed by atoms with Crippen LogP contribution >= 0.6 is 0 Å². The molecule has 3 fully saturated rings. The van der Waals surface area contributed by atoms with Crippen LogP contribution in [-0.4, -0.2) is 92.9 Å². The van der Waals surface area contributed by atoms with Gasteiger partial charge < -0.3 is 29.8 Å². The van der Waals surface area contributed by atoms with Crippen LogP contribution in [0.3, 0.4) is 0 Å². The smallest absolute Gasteiger partial charge is 0.323 e. The lowest BCUT2D eigenvalue weighted by Crippen LogP contribution is -2.61. The first-order valence-corrected chi connectivity index (χ1v) is 17.3. The Bertz CT molecular complexity index is 1000. The summed E-state index contributed by atoms with van der Waals surface area (Å²) in [4.78, 5) is 26.3. The van der Waals surface area contributed by atoms with E-state index in [0.717, 1.165) is 58.0 Å². The van der Waals surface area contributed by atoms with Gasteiger partial charge in [-0.25, -0.2) is 0 Å². The van der Waals surface area contributed by atoms with E-state index in [9.17, 15) is 0 Å². The summed E-state index contributed by atoms with van der Waals surface area (Å²) in [7, 11) is 3.57. The maximum atomic E-state index is 6.06. The zero-order valence-electron chi connectivity index (χ0n) is 30.3. The third-order valence-corrected chi connectivity index (χ3v) is 9.99. The van der Waals surface area contributed by atoms with Crippen LogP contribution in [0.15, 0.2) is 0 Å². The Morgan fingerprint density at radius 2 is 1.09 bits per heavy atom. The lowest BCUT2D eigenvalue weighted by molar-refractivity contribution is -0.272. The fourth-order valence-corrected chi connectivity index (χ4v) is 8.93. The second-order valence-corrected chi connectivity index (χ2v) is 16.2. The third kappa shape index (κ3) is 8.77. The Morgan fingerprint density at radius 1 is 0.711 bits per heavy atom. The van der Waals surface area contributed by atoms with Crippen LogP contribution in [0.4, 0.5) is 11.9 Å². The SMILES string of the molecule is CCCC(Nc1nc(NC(CCC)C2CC(C)(C)N(OC)C(C)(C)C2)nc(OCC2CO2)n1)C1CC(C)(C)N(OC)C(C)(C)C1. The quantitative estimate of drug-likeness (QED) is 0.207. The van der Waals surface area contributed by atoms with Crippen molar-refractivity contribution >= 4 is 11.9 Å². The van der Waals surface area contributed by atoms with Crippen molar-refractivity contribution in [1.29, 1.82) is 0 Å². The molecule has 3 aliphatic rings. The van der Waals surface area contributed by atoms with E-state index < -0.39 is 0 Å². The highest BCUT2D eigenvalue weighted by Crippen LogP contribution is 2.45. The molecule has 11 heteroatoms. The van der Waals surface area contributed by atoms with Gasteiger partial charge in [0.05, 0.1) is 20.8 Å². The molecule has 258 valence electrons. The molecule has 45 heavy (non-hydrogen) atoms. The molecule has 0 aromatic carbocycles. The van der Waals surface area contributed by atoms with E-state index >= 15 is 0 Å². The fourth-order valence-electron chi connectivity index (χ4n) is 8.93. The highest BCUT2D eigenvalue weighted by molar-refractivity contribution is 5.38. The van der Waals surface area contributed by atoms with Crippen LogP contribution in [0.5, 0.6) is 6.01 Å². The van der Waals surface area contributed by atoms with E-state index in [4.69, 9.17) is 34.1 Å². The number of anilines is 2. The summed E-state index contributed by atoms with van der Waals surface area (Å²) in [5.41, 5.74) is -0.419. The molecule has 1 aromatic rings. The molecule has 0 radical (unpaired) electrons. The fraction of sp³-hybridized carbons (Fsp3) is 0.912. The Kier molecular flexibility index (Phi) is 11.3. The number of rotatable bonds is 15. The first-order chi connectivity index (χ1) is 21.0. The molecule has 2 N–H and O–H groups in total. The molecule has 4 heterocycles. The molecule has 0 amide bonds. The Hall–Kier alpha value is -1.79. The summed E-state index contributed by atoms with van der Waals surface area (Å²) in [6.45, 7) is 23.8. The first kappa shape index (κ1) is 36.1. The number of epoxide rings is 1. The number of hydroxylamine groups is 4. The second-order valence-electron chi connectivity index (χ2n) is 16.2. The van der Waals surface area contributed by atoms with Gasteiger partial charge in [0.1, 0.15) is 12.7 Å². The van der Waals surface area contributed by atoms with Crippen molar-refractivity contribution in [3.8, 4) is 6.01 Å². The molecule has 3 atom stereocenters. The number of piperidine rings is 2. The van der Waals surface area contributed by atoms with Crippen LogP contribution in [0, 0.1) is 11.8 Å². The van der Waals surface area contributed by atoms with Gasteiger partial charge in [-0.05, 0) is 106 Å². The molecule has 3 saturated heterocycles. The lowest BCUT2D eigenvalue weighted by Gasteiger charge is -2.54. The topological polar surface area (TPSA) is 109 Å². The van der Waals surface area contributed by atoms with Gasteiger partial charge >= 0.3 is 6.01 Å². The Morgan fingerprint density at radius 3 is 1.40 bits per heavy atom. The lowest BCUT2D eigenvalue weighted by atomic mass is 9.71. The summed E-state index contributed by atoms with van der Waals surface area (Å²) in [5.74, 6) is 1.96. The van der Waals surface area contributed by atoms with Gasteiger partial charge in [0, 0.05) is 34.2 Å². The van der Waals surface area contributed by atoms with Gasteiger partial charge in [-0.15, -0.1) is 0 Å². The minimum absolute atomic E-state index is 0.105. The predicted molar refractivity (Wildman–Crippen MR) is 179 cm³/mol. The number of ether oxygens (including phenoxy) is 2. The van der Waals surface area contributed by atoms with E-state index in [1.165, 1.54) is 0 Å². The summed E-state index contributed by atoms with van der Waals surface area (Å²) >= 11 is 0. The summed E-state index contributed by atoms with van der Waals surface area (Å²) in [6, 6.07) is 0.739. The van der Waals surface area contributed by atoms with E-state index in [1.807, 2.05) is 0 Å². The van der Waals surface area contributed by atoms with Gasteiger partial charge in [-0.3, -0.25) is 0 Å². The zero-order valence-corrected chi connectivity index (χ0v) is 30.3. The number of hydrogen-bond acceptors (Lipinski definition) is 11. The van der Waals surface area contributed by atoms with Crippen molar-refractivity contribution in [3.05, 3.63) is 0 Å². The van der Waals surface area contributed by atoms with Crippen molar-refractivity contribution < 1.29 is 19.1 Å². The number of aromatic nitrogens is 3. The van der Waals surface area contributed by atoms with E-state index in [0.29, 0.717) is 36.3 Å². The summed E-state index contributed by atoms with van der Waals surface area (Å²) < 4.78 is 11.5. The predicted octanol–water partition coefficient (Wildman–Crippen LogP) is 6.47. The van der Waals surface area contributed by atoms with Crippen molar-refractivity contribution in [2.45, 2.75) is 161 Å². The highest BCUT2D eigenvalue weighted by Gasteiger charge is 2.49. The van der Waals surface area contributed by atoms with Crippen molar-refractivity contribution in [2.75, 3.05) is 38.1 Å². The van der Waals surface area contributed by atoms with Crippen LogP contribution in [0.1, 0.15) is 121 Å². The maximum Gasteiger partial charge on any atom is 0.323 e.